The third-order valence-electron chi connectivity index (χ3n) is 3.99. The number of aromatic nitrogens is 2. The highest BCUT2D eigenvalue weighted by molar-refractivity contribution is 6.00. The van der Waals surface area contributed by atoms with Crippen molar-refractivity contribution in [2.45, 2.75) is 12.8 Å². The fraction of sp³-hybridized carbons (Fsp3) is 0.158. The summed E-state index contributed by atoms with van der Waals surface area (Å²) in [6, 6.07) is 11.9. The van der Waals surface area contributed by atoms with E-state index in [-0.39, 0.29) is 29.5 Å². The summed E-state index contributed by atoms with van der Waals surface area (Å²) in [5.74, 6) is -1.61. The van der Waals surface area contributed by atoms with Gasteiger partial charge in [0.05, 0.1) is 6.42 Å². The fourth-order valence-corrected chi connectivity index (χ4v) is 2.64. The quantitative estimate of drug-likeness (QED) is 0.389. The molecule has 29 heavy (non-hydrogen) atoms. The van der Waals surface area contributed by atoms with Gasteiger partial charge in [-0.15, -0.1) is 0 Å². The van der Waals surface area contributed by atoms with Gasteiger partial charge in [-0.1, -0.05) is 30.3 Å². The van der Waals surface area contributed by atoms with Crippen LogP contribution in [-0.4, -0.2) is 39.5 Å². The molecule has 0 saturated heterocycles. The third kappa shape index (κ3) is 5.22. The lowest BCUT2D eigenvalue weighted by molar-refractivity contribution is 0.0660. The predicted octanol–water partition coefficient (Wildman–Crippen LogP) is 1.75. The van der Waals surface area contributed by atoms with Crippen LogP contribution in [0, 0.1) is 0 Å². The van der Waals surface area contributed by atoms with E-state index in [2.05, 4.69) is 20.6 Å². The molecule has 10 heteroatoms. The molecule has 2 heterocycles. The van der Waals surface area contributed by atoms with Crippen LogP contribution >= 0.6 is 0 Å². The Morgan fingerprint density at radius 1 is 1.14 bits per heavy atom. The Hall–Kier alpha value is -4.08. The molecule has 150 valence electrons. The van der Waals surface area contributed by atoms with Crippen LogP contribution in [0.3, 0.4) is 0 Å². The Morgan fingerprint density at radius 2 is 1.90 bits per heavy atom. The summed E-state index contributed by atoms with van der Waals surface area (Å²) in [5.41, 5.74) is 6.34. The van der Waals surface area contributed by atoms with Gasteiger partial charge >= 0.3 is 12.0 Å². The Labute approximate surface area is 165 Å². The van der Waals surface area contributed by atoms with E-state index in [0.717, 1.165) is 5.56 Å². The maximum absolute atomic E-state index is 12.1. The second-order valence-electron chi connectivity index (χ2n) is 6.14. The number of nitrogens with zero attached hydrogens (tertiary/aromatic N) is 1. The third-order valence-corrected chi connectivity index (χ3v) is 3.99. The zero-order valence-electron chi connectivity index (χ0n) is 15.3. The molecule has 10 nitrogen and oxygen atoms in total. The number of urea groups is 1. The van der Waals surface area contributed by atoms with E-state index in [4.69, 9.17) is 15.3 Å². The monoisotopic (exact) mass is 397 g/mol. The van der Waals surface area contributed by atoms with Crippen LogP contribution in [0.15, 0.2) is 46.9 Å². The zero-order chi connectivity index (χ0) is 20.8. The number of aromatic carboxylic acids is 1. The van der Waals surface area contributed by atoms with Crippen LogP contribution in [0.1, 0.15) is 38.2 Å². The normalized spacial score (nSPS) is 10.5. The first-order valence-electron chi connectivity index (χ1n) is 8.72. The number of H-pyrrole nitrogens is 1. The minimum atomic E-state index is -1.19. The van der Waals surface area contributed by atoms with Crippen molar-refractivity contribution in [1.29, 1.82) is 0 Å². The number of carbonyl (C=O) groups is 3. The van der Waals surface area contributed by atoms with Gasteiger partial charge in [0.15, 0.2) is 5.82 Å². The van der Waals surface area contributed by atoms with Crippen LogP contribution in [0.25, 0.3) is 0 Å². The van der Waals surface area contributed by atoms with Crippen molar-refractivity contribution in [3.63, 3.8) is 0 Å². The van der Waals surface area contributed by atoms with Crippen molar-refractivity contribution in [3.8, 4) is 0 Å². The number of carboxylic acids is 1. The second kappa shape index (κ2) is 8.74. The molecule has 1 aromatic carbocycles. The molecule has 0 atom stereocenters. The number of rotatable bonds is 8. The number of amides is 3. The average Bonchev–Trinajstić information content (AvgIpc) is 3.30. The van der Waals surface area contributed by atoms with E-state index >= 15 is 0 Å². The molecule has 6 N–H and O–H groups in total. The van der Waals surface area contributed by atoms with Crippen molar-refractivity contribution >= 4 is 23.7 Å². The lowest BCUT2D eigenvalue weighted by Gasteiger charge is -2.06. The summed E-state index contributed by atoms with van der Waals surface area (Å²) in [6.07, 6.45) is 0.734. The number of carboxylic acid groups (broad SMARTS) is 1. The van der Waals surface area contributed by atoms with Gasteiger partial charge in [-0.05, 0) is 24.1 Å². The molecule has 0 aliphatic carbocycles. The van der Waals surface area contributed by atoms with Gasteiger partial charge in [-0.25, -0.2) is 14.6 Å². The van der Waals surface area contributed by atoms with E-state index in [1.807, 2.05) is 30.3 Å². The number of hydrogen-bond donors (Lipinski definition) is 5. The first-order valence-corrected chi connectivity index (χ1v) is 8.72. The van der Waals surface area contributed by atoms with Crippen molar-refractivity contribution in [1.82, 2.24) is 15.3 Å². The summed E-state index contributed by atoms with van der Waals surface area (Å²) in [6.45, 7) is 0.392. The van der Waals surface area contributed by atoms with Crippen LogP contribution in [0.5, 0.6) is 0 Å². The highest BCUT2D eigenvalue weighted by Gasteiger charge is 2.18. The first kappa shape index (κ1) is 19.7. The topological polar surface area (TPSA) is 163 Å². The Kier molecular flexibility index (Phi) is 5.93. The van der Waals surface area contributed by atoms with Gasteiger partial charge in [0.2, 0.25) is 5.76 Å². The van der Waals surface area contributed by atoms with Gasteiger partial charge in [-0.2, -0.15) is 0 Å². The summed E-state index contributed by atoms with van der Waals surface area (Å²) < 4.78 is 5.16. The van der Waals surface area contributed by atoms with E-state index in [1.54, 1.807) is 0 Å². The predicted molar refractivity (Wildman–Crippen MR) is 103 cm³/mol. The Morgan fingerprint density at radius 3 is 2.55 bits per heavy atom. The molecule has 3 amide bonds. The number of hydrogen-bond acceptors (Lipinski definition) is 5. The fourth-order valence-electron chi connectivity index (χ4n) is 2.64. The maximum Gasteiger partial charge on any atom is 0.371 e. The molecule has 0 saturated carbocycles. The van der Waals surface area contributed by atoms with E-state index in [9.17, 15) is 14.4 Å². The number of furan rings is 1. The largest absolute Gasteiger partial charge is 0.475 e. The van der Waals surface area contributed by atoms with Gasteiger partial charge in [0, 0.05) is 6.54 Å². The van der Waals surface area contributed by atoms with Gasteiger partial charge in [-0.3, -0.25) is 10.1 Å². The van der Waals surface area contributed by atoms with Crippen LogP contribution in [0.4, 0.5) is 10.6 Å². The molecule has 0 unspecified atom stereocenters. The molecule has 0 spiro atoms. The number of benzene rings is 1. The molecule has 3 rings (SSSR count). The molecular weight excluding hydrogens is 378 g/mol. The number of imidazole rings is 1. The van der Waals surface area contributed by atoms with Crippen molar-refractivity contribution in [3.05, 3.63) is 71.1 Å². The minimum absolute atomic E-state index is 0.0188. The SMILES string of the molecule is NC(=O)c1[nH]c(Cc2ccc(C(=O)O)o2)nc1NC(=O)NCCc1ccccc1. The van der Waals surface area contributed by atoms with Crippen molar-refractivity contribution in [2.75, 3.05) is 11.9 Å². The molecule has 0 fully saturated rings. The Balaban J connectivity index is 1.62. The smallest absolute Gasteiger partial charge is 0.371 e. The molecule has 0 aliphatic rings. The highest BCUT2D eigenvalue weighted by Crippen LogP contribution is 2.16. The standard InChI is InChI=1S/C19H19N5O5/c20-16(25)15-17(24-19(28)21-9-8-11-4-2-1-3-5-11)23-14(22-15)10-12-6-7-13(29-12)18(26)27/h1-7H,8-10H2,(H2,20,25)(H,22,23)(H,26,27)(H2,21,24,28). The van der Waals surface area contributed by atoms with Crippen LogP contribution in [0.2, 0.25) is 0 Å². The van der Waals surface area contributed by atoms with Crippen LogP contribution < -0.4 is 16.4 Å². The molecule has 0 radical (unpaired) electrons. The zero-order valence-corrected chi connectivity index (χ0v) is 15.3. The van der Waals surface area contributed by atoms with Crippen LogP contribution in [-0.2, 0) is 12.8 Å². The van der Waals surface area contributed by atoms with E-state index < -0.39 is 17.9 Å². The molecular formula is C19H19N5O5. The van der Waals surface area contributed by atoms with E-state index in [1.165, 1.54) is 12.1 Å². The van der Waals surface area contributed by atoms with Gasteiger partial charge in [0.1, 0.15) is 17.3 Å². The van der Waals surface area contributed by atoms with Gasteiger partial charge in [0.25, 0.3) is 5.91 Å². The lowest BCUT2D eigenvalue weighted by atomic mass is 10.1. The van der Waals surface area contributed by atoms with Gasteiger partial charge < -0.3 is 25.6 Å². The number of aromatic amines is 1. The summed E-state index contributed by atoms with van der Waals surface area (Å²) in [7, 11) is 0. The molecule has 2 aromatic heterocycles. The molecule has 0 bridgehead atoms. The lowest BCUT2D eigenvalue weighted by Crippen LogP contribution is -2.31. The molecule has 0 aliphatic heterocycles. The number of primary amides is 1. The number of carbonyl (C=O) groups excluding carboxylic acids is 2. The number of anilines is 1. The maximum atomic E-state index is 12.1. The summed E-state index contributed by atoms with van der Waals surface area (Å²) >= 11 is 0. The summed E-state index contributed by atoms with van der Waals surface area (Å²) in [5, 5.41) is 14.1. The van der Waals surface area contributed by atoms with Crippen molar-refractivity contribution < 1.29 is 23.9 Å². The number of nitrogens with two attached hydrogens (primary N) is 1. The van der Waals surface area contributed by atoms with E-state index in [0.29, 0.717) is 18.7 Å². The molecule has 3 aromatic rings. The first-order chi connectivity index (χ1) is 13.9. The summed E-state index contributed by atoms with van der Waals surface area (Å²) in [4.78, 5) is 41.5. The van der Waals surface area contributed by atoms with Crippen molar-refractivity contribution in [2.24, 2.45) is 5.73 Å². The minimum Gasteiger partial charge on any atom is -0.475 e. The average molecular weight is 397 g/mol. The second-order valence-corrected chi connectivity index (χ2v) is 6.14. The highest BCUT2D eigenvalue weighted by atomic mass is 16.4. The number of nitrogens with one attached hydrogen (secondary N) is 3. The Bertz CT molecular complexity index is 1020.